The highest BCUT2D eigenvalue weighted by atomic mass is 16.5. The van der Waals surface area contributed by atoms with Crippen LogP contribution in [-0.2, 0) is 16.0 Å². The third-order valence-corrected chi connectivity index (χ3v) is 4.30. The summed E-state index contributed by atoms with van der Waals surface area (Å²) in [5.74, 6) is -0.673. The number of hydrogen-bond donors (Lipinski definition) is 1. The number of nitrogens with zero attached hydrogens (tertiary/aromatic N) is 3. The van der Waals surface area contributed by atoms with Gasteiger partial charge in [-0.2, -0.15) is 5.26 Å². The third-order valence-electron chi connectivity index (χ3n) is 4.30. The second kappa shape index (κ2) is 10.2. The molecule has 29 heavy (non-hydrogen) atoms. The number of ether oxygens (including phenoxy) is 2. The molecule has 0 radical (unpaired) electrons. The highest BCUT2D eigenvalue weighted by molar-refractivity contribution is 5.90. The number of esters is 1. The van der Waals surface area contributed by atoms with Crippen molar-refractivity contribution in [1.29, 1.82) is 5.26 Å². The van der Waals surface area contributed by atoms with Gasteiger partial charge in [0.05, 0.1) is 23.4 Å². The van der Waals surface area contributed by atoms with Gasteiger partial charge in [0.25, 0.3) is 5.56 Å². The van der Waals surface area contributed by atoms with Gasteiger partial charge >= 0.3 is 5.97 Å². The maximum Gasteiger partial charge on any atom is 0.338 e. The van der Waals surface area contributed by atoms with Crippen LogP contribution >= 0.6 is 0 Å². The molecule has 1 aromatic heterocycles. The van der Waals surface area contributed by atoms with Gasteiger partial charge in [0.1, 0.15) is 11.6 Å². The Labute approximate surface area is 168 Å². The van der Waals surface area contributed by atoms with E-state index in [2.05, 4.69) is 4.99 Å². The lowest BCUT2D eigenvalue weighted by atomic mass is 10.1. The molecule has 0 saturated carbocycles. The Bertz CT molecular complexity index is 1000. The van der Waals surface area contributed by atoms with Gasteiger partial charge in [-0.25, -0.2) is 4.79 Å². The van der Waals surface area contributed by atoms with E-state index in [0.29, 0.717) is 36.4 Å². The number of carbonyl (C=O) groups excluding carboxylic acids is 1. The van der Waals surface area contributed by atoms with Crippen LogP contribution in [0.4, 0.5) is 5.69 Å². The van der Waals surface area contributed by atoms with Gasteiger partial charge in [0.15, 0.2) is 0 Å². The molecule has 1 heterocycles. The number of methoxy groups -OCH3 is 1. The molecule has 0 amide bonds. The fourth-order valence-electron chi connectivity index (χ4n) is 2.74. The summed E-state index contributed by atoms with van der Waals surface area (Å²) in [6.45, 7) is 4.24. The van der Waals surface area contributed by atoms with Crippen molar-refractivity contribution in [1.82, 2.24) is 4.57 Å². The number of nitriles is 1. The fraction of sp³-hybridized carbons (Fsp3) is 0.333. The van der Waals surface area contributed by atoms with Gasteiger partial charge in [-0.1, -0.05) is 0 Å². The van der Waals surface area contributed by atoms with E-state index in [4.69, 9.17) is 9.47 Å². The van der Waals surface area contributed by atoms with Crippen LogP contribution in [0.3, 0.4) is 0 Å². The summed E-state index contributed by atoms with van der Waals surface area (Å²) in [4.78, 5) is 28.5. The molecule has 8 nitrogen and oxygen atoms in total. The van der Waals surface area contributed by atoms with Crippen LogP contribution in [0.5, 0.6) is 5.88 Å². The minimum absolute atomic E-state index is 0.0423. The van der Waals surface area contributed by atoms with Crippen molar-refractivity contribution in [3.63, 3.8) is 0 Å². The molecule has 2 aromatic rings. The van der Waals surface area contributed by atoms with Crippen LogP contribution in [0, 0.1) is 18.3 Å². The Kier molecular flexibility index (Phi) is 7.69. The van der Waals surface area contributed by atoms with Gasteiger partial charge in [-0.15, -0.1) is 0 Å². The fourth-order valence-corrected chi connectivity index (χ4v) is 2.74. The van der Waals surface area contributed by atoms with Crippen molar-refractivity contribution in [3.8, 4) is 11.9 Å². The number of benzene rings is 1. The molecule has 0 aliphatic carbocycles. The topological polar surface area (TPSA) is 114 Å². The summed E-state index contributed by atoms with van der Waals surface area (Å²) >= 11 is 0. The lowest BCUT2D eigenvalue weighted by molar-refractivity contribution is 0.0526. The SMILES string of the molecule is CCOC(=O)c1ccc(N=Cc2c(C)c(C#N)c(=O)n(CCCOC)c2O)cc1. The van der Waals surface area contributed by atoms with Gasteiger partial charge in [0, 0.05) is 26.5 Å². The molecule has 0 fully saturated rings. The first kappa shape index (κ1) is 21.9. The third kappa shape index (κ3) is 5.09. The van der Waals surface area contributed by atoms with Crippen molar-refractivity contribution in [2.24, 2.45) is 4.99 Å². The first-order chi connectivity index (χ1) is 13.9. The van der Waals surface area contributed by atoms with Gasteiger partial charge < -0.3 is 14.6 Å². The number of hydrogen-bond acceptors (Lipinski definition) is 7. The first-order valence-electron chi connectivity index (χ1n) is 9.11. The van der Waals surface area contributed by atoms with Crippen molar-refractivity contribution in [3.05, 3.63) is 56.9 Å². The van der Waals surface area contributed by atoms with E-state index in [1.165, 1.54) is 6.21 Å². The summed E-state index contributed by atoms with van der Waals surface area (Å²) in [5, 5.41) is 19.9. The normalized spacial score (nSPS) is 10.8. The summed E-state index contributed by atoms with van der Waals surface area (Å²) in [7, 11) is 1.55. The maximum absolute atomic E-state index is 12.5. The van der Waals surface area contributed by atoms with E-state index >= 15 is 0 Å². The zero-order valence-electron chi connectivity index (χ0n) is 16.6. The van der Waals surface area contributed by atoms with Crippen LogP contribution in [-0.4, -0.2) is 42.2 Å². The van der Waals surface area contributed by atoms with Crippen LogP contribution in [0.2, 0.25) is 0 Å². The lowest BCUT2D eigenvalue weighted by Crippen LogP contribution is -2.26. The van der Waals surface area contributed by atoms with Crippen LogP contribution in [0.25, 0.3) is 0 Å². The monoisotopic (exact) mass is 397 g/mol. The number of aromatic hydroxyl groups is 1. The van der Waals surface area contributed by atoms with Crippen molar-refractivity contribution in [2.45, 2.75) is 26.8 Å². The quantitative estimate of drug-likeness (QED) is 0.416. The van der Waals surface area contributed by atoms with Crippen molar-refractivity contribution in [2.75, 3.05) is 20.3 Å². The Morgan fingerprint density at radius 3 is 2.62 bits per heavy atom. The molecule has 0 aliphatic heterocycles. The summed E-state index contributed by atoms with van der Waals surface area (Å²) < 4.78 is 11.1. The minimum atomic E-state index is -0.547. The average molecular weight is 397 g/mol. The van der Waals surface area contributed by atoms with E-state index in [1.54, 1.807) is 45.2 Å². The molecular weight excluding hydrogens is 374 g/mol. The largest absolute Gasteiger partial charge is 0.494 e. The number of aliphatic imine (C=N–C) groups is 1. The van der Waals surface area contributed by atoms with Gasteiger partial charge in [0.2, 0.25) is 5.88 Å². The standard InChI is InChI=1S/C21H23N3O5/c1-4-29-21(27)15-6-8-16(9-7-15)23-13-18-14(2)17(12-22)19(25)24(20(18)26)10-5-11-28-3/h6-9,13,26H,4-5,10-11H2,1-3H3. The summed E-state index contributed by atoms with van der Waals surface area (Å²) in [6, 6.07) is 8.35. The van der Waals surface area contributed by atoms with Gasteiger partial charge in [-0.3, -0.25) is 14.4 Å². The molecule has 2 rings (SSSR count). The average Bonchev–Trinajstić information content (AvgIpc) is 2.71. The molecular formula is C21H23N3O5. The molecule has 0 saturated heterocycles. The highest BCUT2D eigenvalue weighted by Gasteiger charge is 2.17. The predicted octanol–water partition coefficient (Wildman–Crippen LogP) is 2.70. The Balaban J connectivity index is 2.38. The maximum atomic E-state index is 12.5. The summed E-state index contributed by atoms with van der Waals surface area (Å²) in [6.07, 6.45) is 1.90. The smallest absolute Gasteiger partial charge is 0.338 e. The summed E-state index contributed by atoms with van der Waals surface area (Å²) in [5.41, 5.74) is 0.988. The van der Waals surface area contributed by atoms with E-state index < -0.39 is 11.5 Å². The molecule has 0 spiro atoms. The lowest BCUT2D eigenvalue weighted by Gasteiger charge is -2.13. The molecule has 152 valence electrons. The van der Waals surface area contributed by atoms with Gasteiger partial charge in [-0.05, 0) is 50.1 Å². The molecule has 0 bridgehead atoms. The van der Waals surface area contributed by atoms with E-state index in [0.717, 1.165) is 4.57 Å². The predicted molar refractivity (Wildman–Crippen MR) is 108 cm³/mol. The van der Waals surface area contributed by atoms with Crippen LogP contribution in [0.15, 0.2) is 34.1 Å². The molecule has 0 aliphatic rings. The zero-order valence-corrected chi connectivity index (χ0v) is 16.6. The molecule has 1 aromatic carbocycles. The van der Waals surface area contributed by atoms with Crippen molar-refractivity contribution < 1.29 is 19.4 Å². The first-order valence-corrected chi connectivity index (χ1v) is 9.11. The molecule has 8 heteroatoms. The number of pyridine rings is 1. The van der Waals surface area contributed by atoms with Crippen LogP contribution in [0.1, 0.15) is 40.4 Å². The minimum Gasteiger partial charge on any atom is -0.494 e. The number of rotatable bonds is 8. The Hall–Kier alpha value is -3.44. The Morgan fingerprint density at radius 1 is 1.34 bits per heavy atom. The van der Waals surface area contributed by atoms with E-state index in [1.807, 2.05) is 6.07 Å². The Morgan fingerprint density at radius 2 is 2.03 bits per heavy atom. The number of aromatic nitrogens is 1. The van der Waals surface area contributed by atoms with E-state index in [9.17, 15) is 20.0 Å². The zero-order chi connectivity index (χ0) is 21.4. The van der Waals surface area contributed by atoms with Crippen LogP contribution < -0.4 is 5.56 Å². The second-order valence-corrected chi connectivity index (χ2v) is 6.18. The highest BCUT2D eigenvalue weighted by Crippen LogP contribution is 2.22. The number of carbonyl (C=O) groups is 1. The molecule has 1 N–H and O–H groups in total. The second-order valence-electron chi connectivity index (χ2n) is 6.18. The molecule has 0 unspecified atom stereocenters. The molecule has 0 atom stereocenters. The van der Waals surface area contributed by atoms with E-state index in [-0.39, 0.29) is 23.6 Å². The van der Waals surface area contributed by atoms with Crippen molar-refractivity contribution >= 4 is 17.9 Å².